The normalized spacial score (nSPS) is 17.2. The van der Waals surface area contributed by atoms with E-state index in [1.54, 1.807) is 18.2 Å². The van der Waals surface area contributed by atoms with Crippen molar-refractivity contribution in [1.29, 1.82) is 0 Å². The lowest BCUT2D eigenvalue weighted by atomic mass is 9.99. The molecule has 1 heterocycles. The molecule has 1 fully saturated rings. The molecular weight excluding hydrogens is 418 g/mol. The van der Waals surface area contributed by atoms with Crippen molar-refractivity contribution < 1.29 is 9.53 Å². The molecule has 1 aliphatic heterocycles. The molecule has 2 aromatic carbocycles. The predicted molar refractivity (Wildman–Crippen MR) is 128 cm³/mol. The third kappa shape index (κ3) is 5.64. The molecule has 2 N–H and O–H groups in total. The summed E-state index contributed by atoms with van der Waals surface area (Å²) in [6.45, 7) is 6.61. The van der Waals surface area contributed by atoms with Crippen LogP contribution < -0.4 is 15.5 Å². The van der Waals surface area contributed by atoms with Crippen molar-refractivity contribution in [2.75, 3.05) is 30.4 Å². The van der Waals surface area contributed by atoms with Crippen LogP contribution in [-0.4, -0.2) is 31.3 Å². The summed E-state index contributed by atoms with van der Waals surface area (Å²) >= 11 is 11.7. The monoisotopic (exact) mass is 445 g/mol. The number of hydrogen-bond acceptors (Lipinski definition) is 4. The fraction of sp³-hybridized carbons (Fsp3) is 0.391. The molecule has 0 saturated carbocycles. The molecule has 160 valence electrons. The molecule has 30 heavy (non-hydrogen) atoms. The molecule has 0 bridgehead atoms. The lowest BCUT2D eigenvalue weighted by molar-refractivity contribution is 0.0601. The largest absolute Gasteiger partial charge is 0.465 e. The van der Waals surface area contributed by atoms with E-state index in [2.05, 4.69) is 53.6 Å². The van der Waals surface area contributed by atoms with Crippen LogP contribution in [0.15, 0.2) is 42.5 Å². The Hall–Kier alpha value is -2.31. The van der Waals surface area contributed by atoms with E-state index in [0.29, 0.717) is 21.4 Å². The number of piperidine rings is 1. The van der Waals surface area contributed by atoms with Crippen molar-refractivity contribution in [2.24, 2.45) is 5.92 Å². The number of esters is 1. The standard InChI is InChI=1S/C23H28ClN3O2S/c1-15-5-4-12-27(14-15)19-9-6-17(7-10-19)16(2)25-23(30)26-21-13-18(22(28)29-3)8-11-20(21)24/h6-11,13,15-16H,4-5,12,14H2,1-3H3,(H2,25,26,30)/t15-,16+/m0/s1. The van der Waals surface area contributed by atoms with Gasteiger partial charge in [0.05, 0.1) is 29.4 Å². The molecule has 0 radical (unpaired) electrons. The van der Waals surface area contributed by atoms with Crippen LogP contribution in [0, 0.1) is 5.92 Å². The van der Waals surface area contributed by atoms with Crippen LogP contribution in [0.3, 0.4) is 0 Å². The predicted octanol–water partition coefficient (Wildman–Crippen LogP) is 5.41. The van der Waals surface area contributed by atoms with E-state index < -0.39 is 5.97 Å². The minimum absolute atomic E-state index is 0.0156. The van der Waals surface area contributed by atoms with E-state index in [1.165, 1.54) is 25.6 Å². The van der Waals surface area contributed by atoms with E-state index in [0.717, 1.165) is 24.6 Å². The van der Waals surface area contributed by atoms with Gasteiger partial charge in [-0.05, 0) is 73.8 Å². The first kappa shape index (κ1) is 22.4. The van der Waals surface area contributed by atoms with Gasteiger partial charge in [0.25, 0.3) is 0 Å². The SMILES string of the molecule is COC(=O)c1ccc(Cl)c(NC(=S)N[C@H](C)c2ccc(N3CCC[C@H](C)C3)cc2)c1. The summed E-state index contributed by atoms with van der Waals surface area (Å²) in [4.78, 5) is 14.2. The van der Waals surface area contributed by atoms with Gasteiger partial charge < -0.3 is 20.3 Å². The van der Waals surface area contributed by atoms with Crippen molar-refractivity contribution in [1.82, 2.24) is 5.32 Å². The number of methoxy groups -OCH3 is 1. The fourth-order valence-corrected chi connectivity index (χ4v) is 4.15. The Kier molecular flexibility index (Phi) is 7.56. The highest BCUT2D eigenvalue weighted by Crippen LogP contribution is 2.26. The second kappa shape index (κ2) is 10.1. The summed E-state index contributed by atoms with van der Waals surface area (Å²) in [5, 5.41) is 7.25. The van der Waals surface area contributed by atoms with Gasteiger partial charge in [0.15, 0.2) is 5.11 Å². The minimum atomic E-state index is -0.426. The summed E-state index contributed by atoms with van der Waals surface area (Å²) in [6, 6.07) is 13.5. The summed E-state index contributed by atoms with van der Waals surface area (Å²) in [5.41, 5.74) is 3.37. The molecule has 5 nitrogen and oxygen atoms in total. The van der Waals surface area contributed by atoms with Crippen molar-refractivity contribution in [3.63, 3.8) is 0 Å². The maximum absolute atomic E-state index is 11.7. The average Bonchev–Trinajstić information content (AvgIpc) is 2.74. The Morgan fingerprint density at radius 3 is 2.67 bits per heavy atom. The van der Waals surface area contributed by atoms with Crippen LogP contribution in [0.5, 0.6) is 0 Å². The molecule has 0 aromatic heterocycles. The van der Waals surface area contributed by atoms with E-state index in [4.69, 9.17) is 28.6 Å². The first-order chi connectivity index (χ1) is 14.4. The number of halogens is 1. The molecular formula is C23H28ClN3O2S. The van der Waals surface area contributed by atoms with Crippen LogP contribution in [0.1, 0.15) is 48.7 Å². The lowest BCUT2D eigenvalue weighted by Crippen LogP contribution is -2.34. The van der Waals surface area contributed by atoms with Crippen molar-refractivity contribution in [3.05, 3.63) is 58.6 Å². The Bertz CT molecular complexity index is 904. The average molecular weight is 446 g/mol. The zero-order valence-electron chi connectivity index (χ0n) is 17.6. The number of hydrogen-bond donors (Lipinski definition) is 2. The highest BCUT2D eigenvalue weighted by molar-refractivity contribution is 7.80. The topological polar surface area (TPSA) is 53.6 Å². The van der Waals surface area contributed by atoms with Gasteiger partial charge in [0, 0.05) is 18.8 Å². The van der Waals surface area contributed by atoms with Crippen LogP contribution in [-0.2, 0) is 4.74 Å². The molecule has 2 atom stereocenters. The van der Waals surface area contributed by atoms with Gasteiger partial charge in [0.2, 0.25) is 0 Å². The second-order valence-corrected chi connectivity index (χ2v) is 8.61. The van der Waals surface area contributed by atoms with Gasteiger partial charge >= 0.3 is 5.97 Å². The molecule has 0 aliphatic carbocycles. The molecule has 0 amide bonds. The zero-order valence-corrected chi connectivity index (χ0v) is 19.1. The maximum atomic E-state index is 11.7. The molecule has 0 spiro atoms. The van der Waals surface area contributed by atoms with E-state index >= 15 is 0 Å². The van der Waals surface area contributed by atoms with E-state index in [1.807, 2.05) is 0 Å². The fourth-order valence-electron chi connectivity index (χ4n) is 3.70. The Balaban J connectivity index is 1.61. The molecule has 1 aliphatic rings. The minimum Gasteiger partial charge on any atom is -0.465 e. The summed E-state index contributed by atoms with van der Waals surface area (Å²) in [5.74, 6) is 0.317. The van der Waals surface area contributed by atoms with Crippen molar-refractivity contribution in [3.8, 4) is 0 Å². The van der Waals surface area contributed by atoms with Crippen LogP contribution >= 0.6 is 23.8 Å². The number of ether oxygens (including phenoxy) is 1. The third-order valence-corrected chi connectivity index (χ3v) is 5.95. The number of nitrogens with zero attached hydrogens (tertiary/aromatic N) is 1. The highest BCUT2D eigenvalue weighted by Gasteiger charge is 2.17. The molecule has 7 heteroatoms. The van der Waals surface area contributed by atoms with Crippen LogP contribution in [0.2, 0.25) is 5.02 Å². The van der Waals surface area contributed by atoms with Crippen molar-refractivity contribution in [2.45, 2.75) is 32.7 Å². The number of rotatable bonds is 5. The molecule has 1 saturated heterocycles. The highest BCUT2D eigenvalue weighted by atomic mass is 35.5. The van der Waals surface area contributed by atoms with Gasteiger partial charge in [-0.15, -0.1) is 0 Å². The van der Waals surface area contributed by atoms with Gasteiger partial charge in [-0.1, -0.05) is 30.7 Å². The number of thiocarbonyl (C=S) groups is 1. The quantitative estimate of drug-likeness (QED) is 0.474. The lowest BCUT2D eigenvalue weighted by Gasteiger charge is -2.33. The summed E-state index contributed by atoms with van der Waals surface area (Å²) < 4.78 is 4.76. The van der Waals surface area contributed by atoms with Crippen molar-refractivity contribution >= 4 is 46.3 Å². The van der Waals surface area contributed by atoms with E-state index in [-0.39, 0.29) is 6.04 Å². The second-order valence-electron chi connectivity index (χ2n) is 7.79. The van der Waals surface area contributed by atoms with Gasteiger partial charge in [-0.2, -0.15) is 0 Å². The van der Waals surface area contributed by atoms with Gasteiger partial charge in [-0.25, -0.2) is 4.79 Å². The molecule has 2 aromatic rings. The first-order valence-corrected chi connectivity index (χ1v) is 11.0. The Morgan fingerprint density at radius 2 is 2.00 bits per heavy atom. The Morgan fingerprint density at radius 1 is 1.27 bits per heavy atom. The number of benzene rings is 2. The number of anilines is 2. The van der Waals surface area contributed by atoms with Gasteiger partial charge in [0.1, 0.15) is 0 Å². The van der Waals surface area contributed by atoms with Crippen LogP contribution in [0.4, 0.5) is 11.4 Å². The van der Waals surface area contributed by atoms with E-state index in [9.17, 15) is 4.79 Å². The third-order valence-electron chi connectivity index (χ3n) is 5.40. The summed E-state index contributed by atoms with van der Waals surface area (Å²) in [7, 11) is 1.34. The Labute approximate surface area is 188 Å². The summed E-state index contributed by atoms with van der Waals surface area (Å²) in [6.07, 6.45) is 2.56. The van der Waals surface area contributed by atoms with Gasteiger partial charge in [-0.3, -0.25) is 0 Å². The number of carbonyl (C=O) groups excluding carboxylic acids is 1. The van der Waals surface area contributed by atoms with Crippen LogP contribution in [0.25, 0.3) is 0 Å². The smallest absolute Gasteiger partial charge is 0.337 e. The molecule has 3 rings (SSSR count). The maximum Gasteiger partial charge on any atom is 0.337 e. The first-order valence-electron chi connectivity index (χ1n) is 10.2. The molecule has 0 unspecified atom stereocenters. The zero-order chi connectivity index (χ0) is 21.7. The number of carbonyl (C=O) groups is 1. The number of nitrogens with one attached hydrogen (secondary N) is 2.